The number of ether oxygens (including phenoxy) is 1. The number of allylic oxidation sites excluding steroid dienone is 2. The summed E-state index contributed by atoms with van der Waals surface area (Å²) in [6.07, 6.45) is 10.3. The minimum Gasteiger partial charge on any atom is -0.373 e. The molecule has 6 aliphatic rings. The van der Waals surface area contributed by atoms with Gasteiger partial charge in [0.1, 0.15) is 0 Å². The Bertz CT molecular complexity index is 462. The third-order valence-electron chi connectivity index (χ3n) is 7.70. The molecular formula is C20H30O. The molecule has 6 rings (SSSR count). The summed E-state index contributed by atoms with van der Waals surface area (Å²) in [5, 5.41) is 0. The first-order chi connectivity index (χ1) is 9.90. The number of fused-ring (bicyclic) bond motifs is 2. The molecule has 0 N–H and O–H groups in total. The molecule has 0 radical (unpaired) electrons. The molecule has 0 heterocycles. The van der Waals surface area contributed by atoms with Crippen molar-refractivity contribution in [1.29, 1.82) is 0 Å². The van der Waals surface area contributed by atoms with Crippen molar-refractivity contribution in [3.05, 3.63) is 23.3 Å². The fourth-order valence-electron chi connectivity index (χ4n) is 5.57. The Hall–Kier alpha value is -0.560. The second kappa shape index (κ2) is 4.47. The van der Waals surface area contributed by atoms with Crippen molar-refractivity contribution in [2.24, 2.45) is 34.5 Å². The van der Waals surface area contributed by atoms with Gasteiger partial charge in [-0.05, 0) is 71.3 Å². The van der Waals surface area contributed by atoms with Gasteiger partial charge in [-0.2, -0.15) is 0 Å². The topological polar surface area (TPSA) is 9.23 Å². The minimum absolute atomic E-state index is 0.529. The maximum Gasteiger partial charge on any atom is 0.0684 e. The van der Waals surface area contributed by atoms with Crippen LogP contribution in [0.25, 0.3) is 0 Å². The molecule has 0 spiro atoms. The molecule has 4 atom stereocenters. The van der Waals surface area contributed by atoms with Crippen LogP contribution in [0.2, 0.25) is 0 Å². The van der Waals surface area contributed by atoms with Crippen LogP contribution >= 0.6 is 0 Å². The Labute approximate surface area is 129 Å². The molecule has 1 heteroatoms. The maximum atomic E-state index is 6.15. The van der Waals surface area contributed by atoms with Gasteiger partial charge in [-0.25, -0.2) is 0 Å². The highest BCUT2D eigenvalue weighted by atomic mass is 16.5. The average Bonchev–Trinajstić information content (AvgIpc) is 2.47. The molecule has 21 heavy (non-hydrogen) atoms. The van der Waals surface area contributed by atoms with E-state index < -0.39 is 0 Å². The summed E-state index contributed by atoms with van der Waals surface area (Å²) in [5.74, 6) is 3.45. The number of hydrogen-bond donors (Lipinski definition) is 0. The van der Waals surface area contributed by atoms with Gasteiger partial charge in [0, 0.05) is 0 Å². The zero-order valence-corrected chi connectivity index (χ0v) is 14.1. The Kier molecular flexibility index (Phi) is 2.99. The van der Waals surface area contributed by atoms with Gasteiger partial charge < -0.3 is 4.74 Å². The SMILES string of the molecule is CC1(C)C2CC=C(COCC3=CCC4CC3C4(C)C)C1C2. The number of hydrogen-bond acceptors (Lipinski definition) is 1. The van der Waals surface area contributed by atoms with Gasteiger partial charge in [-0.1, -0.05) is 39.8 Å². The van der Waals surface area contributed by atoms with Crippen LogP contribution < -0.4 is 0 Å². The standard InChI is InChI=1S/C20H30O/c1-19(2)15-7-5-13(17(19)9-15)11-21-12-14-6-8-16-10-18(14)20(16,3)4/h5-6,15-18H,7-12H2,1-4H3. The third-order valence-corrected chi connectivity index (χ3v) is 7.70. The predicted molar refractivity (Wildman–Crippen MR) is 87.0 cm³/mol. The van der Waals surface area contributed by atoms with E-state index in [0.29, 0.717) is 10.8 Å². The highest BCUT2D eigenvalue weighted by Gasteiger charge is 2.52. The molecule has 2 fully saturated rings. The molecule has 0 aliphatic heterocycles. The van der Waals surface area contributed by atoms with E-state index in [4.69, 9.17) is 4.74 Å². The zero-order valence-electron chi connectivity index (χ0n) is 14.1. The van der Waals surface area contributed by atoms with E-state index >= 15 is 0 Å². The number of rotatable bonds is 4. The lowest BCUT2D eigenvalue weighted by atomic mass is 9.49. The summed E-state index contributed by atoms with van der Waals surface area (Å²) in [6.45, 7) is 11.5. The van der Waals surface area contributed by atoms with Crippen molar-refractivity contribution in [2.75, 3.05) is 13.2 Å². The normalized spacial score (nSPS) is 41.5. The Morgan fingerprint density at radius 1 is 0.857 bits per heavy atom. The fourth-order valence-corrected chi connectivity index (χ4v) is 5.57. The molecule has 1 nitrogen and oxygen atoms in total. The smallest absolute Gasteiger partial charge is 0.0684 e. The molecule has 0 aromatic carbocycles. The lowest BCUT2D eigenvalue weighted by molar-refractivity contribution is -0.0262. The Morgan fingerprint density at radius 3 is 1.62 bits per heavy atom. The molecule has 0 aromatic rings. The van der Waals surface area contributed by atoms with Crippen LogP contribution in [-0.2, 0) is 4.74 Å². The summed E-state index contributed by atoms with van der Waals surface area (Å²) in [6, 6.07) is 0. The lowest BCUT2D eigenvalue weighted by Gasteiger charge is -2.57. The first kappa shape index (κ1) is 14.1. The van der Waals surface area contributed by atoms with Crippen molar-refractivity contribution in [3.63, 3.8) is 0 Å². The van der Waals surface area contributed by atoms with Crippen LogP contribution in [0.3, 0.4) is 0 Å². The van der Waals surface area contributed by atoms with Crippen LogP contribution in [0.5, 0.6) is 0 Å². The molecule has 0 saturated heterocycles. The zero-order chi connectivity index (χ0) is 14.8. The van der Waals surface area contributed by atoms with Crippen molar-refractivity contribution < 1.29 is 4.74 Å². The van der Waals surface area contributed by atoms with Gasteiger partial charge in [0.2, 0.25) is 0 Å². The van der Waals surface area contributed by atoms with E-state index in [9.17, 15) is 0 Å². The summed E-state index contributed by atoms with van der Waals surface area (Å²) >= 11 is 0. The summed E-state index contributed by atoms with van der Waals surface area (Å²) in [7, 11) is 0. The highest BCUT2D eigenvalue weighted by molar-refractivity contribution is 5.25. The first-order valence-corrected chi connectivity index (χ1v) is 8.86. The van der Waals surface area contributed by atoms with E-state index in [2.05, 4.69) is 39.8 Å². The molecule has 0 aromatic heterocycles. The average molecular weight is 286 g/mol. The predicted octanol–water partition coefficient (Wildman–Crippen LogP) is 4.99. The lowest BCUT2D eigenvalue weighted by Crippen LogP contribution is -2.49. The summed E-state index contributed by atoms with van der Waals surface area (Å²) in [4.78, 5) is 0. The van der Waals surface area contributed by atoms with Crippen LogP contribution in [0.1, 0.15) is 53.4 Å². The molecule has 116 valence electrons. The van der Waals surface area contributed by atoms with E-state index in [1.54, 1.807) is 11.1 Å². The van der Waals surface area contributed by atoms with Gasteiger partial charge in [-0.3, -0.25) is 0 Å². The van der Waals surface area contributed by atoms with Crippen molar-refractivity contribution in [2.45, 2.75) is 53.4 Å². The third kappa shape index (κ3) is 1.92. The second-order valence-corrected chi connectivity index (χ2v) is 9.14. The quantitative estimate of drug-likeness (QED) is 0.662. The molecule has 0 amide bonds. The van der Waals surface area contributed by atoms with Gasteiger partial charge >= 0.3 is 0 Å². The van der Waals surface area contributed by atoms with Crippen LogP contribution in [0, 0.1) is 34.5 Å². The van der Waals surface area contributed by atoms with Crippen LogP contribution in [0.4, 0.5) is 0 Å². The van der Waals surface area contributed by atoms with Crippen LogP contribution in [0.15, 0.2) is 23.3 Å². The Balaban J connectivity index is 1.33. The van der Waals surface area contributed by atoms with E-state index in [0.717, 1.165) is 36.9 Å². The van der Waals surface area contributed by atoms with Gasteiger partial charge in [0.05, 0.1) is 13.2 Å². The highest BCUT2D eigenvalue weighted by Crippen LogP contribution is 2.60. The molecular weight excluding hydrogens is 256 g/mol. The van der Waals surface area contributed by atoms with Crippen LogP contribution in [-0.4, -0.2) is 13.2 Å². The monoisotopic (exact) mass is 286 g/mol. The van der Waals surface area contributed by atoms with Gasteiger partial charge in [-0.15, -0.1) is 0 Å². The fraction of sp³-hybridized carbons (Fsp3) is 0.800. The Morgan fingerprint density at radius 2 is 1.29 bits per heavy atom. The molecule has 4 bridgehead atoms. The van der Waals surface area contributed by atoms with Crippen molar-refractivity contribution in [1.82, 2.24) is 0 Å². The van der Waals surface area contributed by atoms with Gasteiger partial charge in [0.15, 0.2) is 0 Å². The molecule has 6 aliphatic carbocycles. The minimum atomic E-state index is 0.529. The largest absolute Gasteiger partial charge is 0.373 e. The van der Waals surface area contributed by atoms with Crippen molar-refractivity contribution in [3.8, 4) is 0 Å². The maximum absolute atomic E-state index is 6.15. The molecule has 2 saturated carbocycles. The second-order valence-electron chi connectivity index (χ2n) is 9.14. The van der Waals surface area contributed by atoms with Gasteiger partial charge in [0.25, 0.3) is 0 Å². The van der Waals surface area contributed by atoms with E-state index in [1.165, 1.54) is 25.7 Å². The summed E-state index contributed by atoms with van der Waals surface area (Å²) in [5.41, 5.74) is 4.23. The molecule has 4 unspecified atom stereocenters. The van der Waals surface area contributed by atoms with E-state index in [-0.39, 0.29) is 0 Å². The van der Waals surface area contributed by atoms with Crippen molar-refractivity contribution >= 4 is 0 Å². The summed E-state index contributed by atoms with van der Waals surface area (Å²) < 4.78 is 6.15. The van der Waals surface area contributed by atoms with E-state index in [1.807, 2.05) is 0 Å². The first-order valence-electron chi connectivity index (χ1n) is 8.86.